The fourth-order valence-corrected chi connectivity index (χ4v) is 1.39. The molecular weight excluding hydrogens is 221 g/mol. The van der Waals surface area contributed by atoms with Crippen LogP contribution in [0.3, 0.4) is 0 Å². The first-order chi connectivity index (χ1) is 6.74. The Hall–Kier alpha value is -0.280. The Balaban J connectivity index is 2.45. The molecule has 0 amide bonds. The molecule has 0 saturated carbocycles. The molecule has 0 radical (unpaired) electrons. The van der Waals surface area contributed by atoms with E-state index < -0.39 is 0 Å². The van der Waals surface area contributed by atoms with Crippen molar-refractivity contribution in [2.75, 3.05) is 13.2 Å². The summed E-state index contributed by atoms with van der Waals surface area (Å²) in [5.74, 6) is 0. The van der Waals surface area contributed by atoms with Crippen molar-refractivity contribution in [3.63, 3.8) is 0 Å². The molecule has 1 rings (SSSR count). The van der Waals surface area contributed by atoms with E-state index in [4.69, 9.17) is 33.7 Å². The van der Waals surface area contributed by atoms with Crippen LogP contribution in [0.15, 0.2) is 18.2 Å². The molecule has 0 heterocycles. The van der Waals surface area contributed by atoms with Crippen molar-refractivity contribution in [1.29, 1.82) is 0 Å². The number of rotatable bonds is 5. The molecule has 0 atom stereocenters. The highest BCUT2D eigenvalue weighted by atomic mass is 35.5. The molecule has 0 saturated heterocycles. The van der Waals surface area contributed by atoms with E-state index in [1.54, 1.807) is 12.1 Å². The molecule has 0 unspecified atom stereocenters. The summed E-state index contributed by atoms with van der Waals surface area (Å²) < 4.78 is 5.37. The van der Waals surface area contributed by atoms with Crippen LogP contribution in [-0.2, 0) is 11.3 Å². The first kappa shape index (κ1) is 11.8. The molecule has 78 valence electrons. The topological polar surface area (TPSA) is 35.2 Å². The van der Waals surface area contributed by atoms with E-state index in [0.29, 0.717) is 29.8 Å². The monoisotopic (exact) mass is 233 g/mol. The zero-order chi connectivity index (χ0) is 10.4. The van der Waals surface area contributed by atoms with Crippen LogP contribution in [0.1, 0.15) is 12.0 Å². The second-order valence-corrected chi connectivity index (χ2v) is 3.77. The number of nitrogens with two attached hydrogens (primary N) is 1. The van der Waals surface area contributed by atoms with Gasteiger partial charge in [0.25, 0.3) is 0 Å². The van der Waals surface area contributed by atoms with Gasteiger partial charge in [-0.25, -0.2) is 0 Å². The minimum Gasteiger partial charge on any atom is -0.377 e. The Kier molecular flexibility index (Phi) is 5.26. The molecule has 14 heavy (non-hydrogen) atoms. The SMILES string of the molecule is NCCCOCc1cc(Cl)ccc1Cl. The Morgan fingerprint density at radius 1 is 1.29 bits per heavy atom. The highest BCUT2D eigenvalue weighted by molar-refractivity contribution is 6.33. The van der Waals surface area contributed by atoms with Gasteiger partial charge in [0.05, 0.1) is 6.61 Å². The average Bonchev–Trinajstić information content (AvgIpc) is 2.18. The van der Waals surface area contributed by atoms with Crippen molar-refractivity contribution in [1.82, 2.24) is 0 Å². The fourth-order valence-electron chi connectivity index (χ4n) is 1.02. The Bertz CT molecular complexity index is 291. The summed E-state index contributed by atoms with van der Waals surface area (Å²) in [7, 11) is 0. The van der Waals surface area contributed by atoms with Crippen LogP contribution in [0.4, 0.5) is 0 Å². The summed E-state index contributed by atoms with van der Waals surface area (Å²) in [5, 5.41) is 1.36. The predicted octanol–water partition coefficient (Wildman–Crippen LogP) is 2.86. The summed E-state index contributed by atoms with van der Waals surface area (Å²) in [4.78, 5) is 0. The molecule has 0 fully saturated rings. The Morgan fingerprint density at radius 2 is 2.07 bits per heavy atom. The van der Waals surface area contributed by atoms with Gasteiger partial charge < -0.3 is 10.5 Å². The molecule has 0 bridgehead atoms. The minimum absolute atomic E-state index is 0.486. The zero-order valence-corrected chi connectivity index (χ0v) is 9.31. The zero-order valence-electron chi connectivity index (χ0n) is 7.80. The lowest BCUT2D eigenvalue weighted by Gasteiger charge is -2.05. The van der Waals surface area contributed by atoms with Crippen LogP contribution in [0, 0.1) is 0 Å². The summed E-state index contributed by atoms with van der Waals surface area (Å²) in [6, 6.07) is 5.34. The molecule has 0 aliphatic heterocycles. The van der Waals surface area contributed by atoms with Crippen molar-refractivity contribution in [2.24, 2.45) is 5.73 Å². The van der Waals surface area contributed by atoms with Crippen molar-refractivity contribution in [3.8, 4) is 0 Å². The molecule has 1 aromatic carbocycles. The largest absolute Gasteiger partial charge is 0.377 e. The third-order valence-electron chi connectivity index (χ3n) is 1.76. The summed E-state index contributed by atoms with van der Waals surface area (Å²) in [5.41, 5.74) is 6.25. The molecule has 0 aromatic heterocycles. The van der Waals surface area contributed by atoms with Crippen molar-refractivity contribution in [3.05, 3.63) is 33.8 Å². The van der Waals surface area contributed by atoms with Crippen molar-refractivity contribution >= 4 is 23.2 Å². The van der Waals surface area contributed by atoms with Crippen LogP contribution in [0.2, 0.25) is 10.0 Å². The van der Waals surface area contributed by atoms with E-state index in [9.17, 15) is 0 Å². The highest BCUT2D eigenvalue weighted by Crippen LogP contribution is 2.21. The molecule has 0 aliphatic rings. The number of hydrogen-bond acceptors (Lipinski definition) is 2. The third kappa shape index (κ3) is 3.84. The van der Waals surface area contributed by atoms with E-state index >= 15 is 0 Å². The number of benzene rings is 1. The molecule has 2 nitrogen and oxygen atoms in total. The quantitative estimate of drug-likeness (QED) is 0.795. The molecule has 1 aromatic rings. The maximum Gasteiger partial charge on any atom is 0.0731 e. The molecule has 2 N–H and O–H groups in total. The number of halogens is 2. The first-order valence-corrected chi connectivity index (χ1v) is 5.21. The lowest BCUT2D eigenvalue weighted by atomic mass is 10.2. The van der Waals surface area contributed by atoms with E-state index in [1.165, 1.54) is 0 Å². The predicted molar refractivity (Wildman–Crippen MR) is 59.8 cm³/mol. The standard InChI is InChI=1S/C10H13Cl2NO/c11-9-2-3-10(12)8(6-9)7-14-5-1-4-13/h2-3,6H,1,4-5,7,13H2. The summed E-state index contributed by atoms with van der Waals surface area (Å²) >= 11 is 11.8. The van der Waals surface area contributed by atoms with Gasteiger partial charge in [0.1, 0.15) is 0 Å². The van der Waals surface area contributed by atoms with Crippen LogP contribution < -0.4 is 5.73 Å². The summed E-state index contributed by atoms with van der Waals surface area (Å²) in [6.07, 6.45) is 0.859. The number of ether oxygens (including phenoxy) is 1. The van der Waals surface area contributed by atoms with Gasteiger partial charge in [-0.3, -0.25) is 0 Å². The lowest BCUT2D eigenvalue weighted by Crippen LogP contribution is -2.04. The minimum atomic E-state index is 0.486. The maximum atomic E-state index is 5.95. The van der Waals surface area contributed by atoms with Gasteiger partial charge >= 0.3 is 0 Å². The molecular formula is C10H13Cl2NO. The number of hydrogen-bond donors (Lipinski definition) is 1. The van der Waals surface area contributed by atoms with Crippen LogP contribution in [-0.4, -0.2) is 13.2 Å². The van der Waals surface area contributed by atoms with Gasteiger partial charge in [0.15, 0.2) is 0 Å². The van der Waals surface area contributed by atoms with Gasteiger partial charge in [0, 0.05) is 16.7 Å². The van der Waals surface area contributed by atoms with Crippen LogP contribution in [0.25, 0.3) is 0 Å². The van der Waals surface area contributed by atoms with E-state index in [-0.39, 0.29) is 0 Å². The Morgan fingerprint density at radius 3 is 2.79 bits per heavy atom. The first-order valence-electron chi connectivity index (χ1n) is 4.46. The van der Waals surface area contributed by atoms with Gasteiger partial charge in [-0.05, 0) is 36.7 Å². The normalized spacial score (nSPS) is 10.5. The highest BCUT2D eigenvalue weighted by Gasteiger charge is 2.00. The average molecular weight is 234 g/mol. The third-order valence-corrected chi connectivity index (χ3v) is 2.36. The van der Waals surface area contributed by atoms with Gasteiger partial charge in [-0.15, -0.1) is 0 Å². The molecule has 0 spiro atoms. The molecule has 4 heteroatoms. The Labute approximate surface area is 94.0 Å². The van der Waals surface area contributed by atoms with Gasteiger partial charge in [0.2, 0.25) is 0 Å². The second kappa shape index (κ2) is 6.25. The second-order valence-electron chi connectivity index (χ2n) is 2.93. The van der Waals surface area contributed by atoms with Gasteiger partial charge in [-0.1, -0.05) is 23.2 Å². The van der Waals surface area contributed by atoms with Crippen LogP contribution in [0.5, 0.6) is 0 Å². The van der Waals surface area contributed by atoms with E-state index in [2.05, 4.69) is 0 Å². The lowest BCUT2D eigenvalue weighted by molar-refractivity contribution is 0.120. The fraction of sp³-hybridized carbons (Fsp3) is 0.400. The summed E-state index contributed by atoms with van der Waals surface area (Å²) in [6.45, 7) is 1.78. The van der Waals surface area contributed by atoms with Crippen molar-refractivity contribution in [2.45, 2.75) is 13.0 Å². The van der Waals surface area contributed by atoms with E-state index in [0.717, 1.165) is 12.0 Å². The van der Waals surface area contributed by atoms with Crippen LogP contribution >= 0.6 is 23.2 Å². The van der Waals surface area contributed by atoms with Crippen molar-refractivity contribution < 1.29 is 4.74 Å². The smallest absolute Gasteiger partial charge is 0.0731 e. The van der Waals surface area contributed by atoms with Gasteiger partial charge in [-0.2, -0.15) is 0 Å². The molecule has 0 aliphatic carbocycles. The maximum absolute atomic E-state index is 5.95. The van der Waals surface area contributed by atoms with E-state index in [1.807, 2.05) is 6.07 Å².